The maximum absolute atomic E-state index is 13.4. The Balaban J connectivity index is 1.96. The van der Waals surface area contributed by atoms with E-state index in [1.807, 2.05) is 22.7 Å². The Morgan fingerprint density at radius 2 is 2.03 bits per heavy atom. The number of hydrogen-bond acceptors (Lipinski definition) is 5. The second-order valence-electron chi connectivity index (χ2n) is 6.98. The Kier molecular flexibility index (Phi) is 5.32. The monoisotopic (exact) mass is 412 g/mol. The van der Waals surface area contributed by atoms with Gasteiger partial charge in [0.05, 0.1) is 17.8 Å². The van der Waals surface area contributed by atoms with Gasteiger partial charge in [-0.05, 0) is 54.7 Å². The zero-order valence-corrected chi connectivity index (χ0v) is 17.0. The van der Waals surface area contributed by atoms with Crippen LogP contribution < -0.4 is 9.62 Å². The molecule has 5 nitrogen and oxygen atoms in total. The van der Waals surface area contributed by atoms with Gasteiger partial charge in [0.2, 0.25) is 0 Å². The number of nitrogens with zero attached hydrogens (tertiary/aromatic N) is 1. The standard InChI is InChI=1S/C22H21FN2O3S/c1-24-22(27)20-17-11-16(13-3-4-13)18(25(29-2)9-10-26)12-19(17)28-21(20)14-5-7-15(23)8-6-14/h5-8,10-13H,3-4,9H2,1-2H3,(H,24,27). The number of rotatable bonds is 7. The van der Waals surface area contributed by atoms with Crippen LogP contribution in [0, 0.1) is 5.82 Å². The summed E-state index contributed by atoms with van der Waals surface area (Å²) < 4.78 is 21.4. The molecular formula is C22H21FN2O3S. The van der Waals surface area contributed by atoms with Crippen LogP contribution in [0.3, 0.4) is 0 Å². The number of aldehydes is 1. The summed E-state index contributed by atoms with van der Waals surface area (Å²) in [6.45, 7) is 0.264. The van der Waals surface area contributed by atoms with Crippen LogP contribution in [0.4, 0.5) is 10.1 Å². The molecule has 1 aliphatic carbocycles. The van der Waals surface area contributed by atoms with Crippen LogP contribution in [0.1, 0.15) is 34.7 Å². The number of halogens is 1. The van der Waals surface area contributed by atoms with Crippen LogP contribution in [0.15, 0.2) is 40.8 Å². The molecule has 4 rings (SSSR count). The molecule has 0 radical (unpaired) electrons. The molecule has 0 spiro atoms. The summed E-state index contributed by atoms with van der Waals surface area (Å²) in [5, 5.41) is 3.40. The number of carbonyl (C=O) groups is 2. The van der Waals surface area contributed by atoms with Gasteiger partial charge in [-0.3, -0.25) is 4.79 Å². The van der Waals surface area contributed by atoms with Crippen molar-refractivity contribution >= 4 is 40.8 Å². The molecule has 0 aliphatic heterocycles. The molecule has 2 aromatic carbocycles. The van der Waals surface area contributed by atoms with E-state index in [9.17, 15) is 14.0 Å². The molecular weight excluding hydrogens is 391 g/mol. The first-order valence-electron chi connectivity index (χ1n) is 9.41. The van der Waals surface area contributed by atoms with Crippen molar-refractivity contribution in [2.24, 2.45) is 0 Å². The second kappa shape index (κ2) is 7.91. The number of hydrogen-bond donors (Lipinski definition) is 1. The van der Waals surface area contributed by atoms with Crippen LogP contribution in [0.2, 0.25) is 0 Å². The maximum Gasteiger partial charge on any atom is 0.255 e. The molecule has 1 heterocycles. The molecule has 7 heteroatoms. The summed E-state index contributed by atoms with van der Waals surface area (Å²) in [6.07, 6.45) is 4.96. The van der Waals surface area contributed by atoms with E-state index in [2.05, 4.69) is 5.32 Å². The predicted molar refractivity (Wildman–Crippen MR) is 114 cm³/mol. The molecule has 0 saturated heterocycles. The number of anilines is 1. The van der Waals surface area contributed by atoms with Crippen molar-refractivity contribution in [1.82, 2.24) is 5.32 Å². The highest BCUT2D eigenvalue weighted by Gasteiger charge is 2.31. The van der Waals surface area contributed by atoms with Gasteiger partial charge in [0, 0.05) is 30.3 Å². The van der Waals surface area contributed by atoms with E-state index in [0.29, 0.717) is 28.4 Å². The highest BCUT2D eigenvalue weighted by Crippen LogP contribution is 2.48. The first-order chi connectivity index (χ1) is 14.1. The molecule has 0 bridgehead atoms. The smallest absolute Gasteiger partial charge is 0.255 e. The van der Waals surface area contributed by atoms with Gasteiger partial charge in [-0.15, -0.1) is 0 Å². The molecule has 3 aromatic rings. The molecule has 1 N–H and O–H groups in total. The Labute approximate surface area is 172 Å². The van der Waals surface area contributed by atoms with Crippen molar-refractivity contribution in [3.05, 3.63) is 53.3 Å². The van der Waals surface area contributed by atoms with Gasteiger partial charge >= 0.3 is 0 Å². The summed E-state index contributed by atoms with van der Waals surface area (Å²) >= 11 is 1.47. The fourth-order valence-corrected chi connectivity index (χ4v) is 4.14. The molecule has 0 unspecified atom stereocenters. The largest absolute Gasteiger partial charge is 0.455 e. The van der Waals surface area contributed by atoms with Gasteiger partial charge in [-0.25, -0.2) is 4.39 Å². The summed E-state index contributed by atoms with van der Waals surface area (Å²) in [5.41, 5.74) is 3.68. The third kappa shape index (κ3) is 3.62. The third-order valence-electron chi connectivity index (χ3n) is 5.14. The maximum atomic E-state index is 13.4. The first-order valence-corrected chi connectivity index (χ1v) is 10.6. The van der Waals surface area contributed by atoms with E-state index in [1.165, 1.54) is 24.1 Å². The quantitative estimate of drug-likeness (QED) is 0.448. The van der Waals surface area contributed by atoms with E-state index >= 15 is 0 Å². The van der Waals surface area contributed by atoms with Crippen molar-refractivity contribution in [3.8, 4) is 11.3 Å². The number of benzene rings is 2. The Morgan fingerprint density at radius 3 is 2.62 bits per heavy atom. The van der Waals surface area contributed by atoms with Crippen LogP contribution in [-0.4, -0.2) is 32.0 Å². The Bertz CT molecular complexity index is 1070. The molecule has 1 saturated carbocycles. The van der Waals surface area contributed by atoms with Crippen LogP contribution >= 0.6 is 11.9 Å². The van der Waals surface area contributed by atoms with E-state index in [0.717, 1.165) is 35.8 Å². The predicted octanol–water partition coefficient (Wildman–Crippen LogP) is 4.76. The van der Waals surface area contributed by atoms with Gasteiger partial charge in [0.1, 0.15) is 23.4 Å². The van der Waals surface area contributed by atoms with Crippen LogP contribution in [0.5, 0.6) is 0 Å². The fourth-order valence-electron chi connectivity index (χ4n) is 3.58. The van der Waals surface area contributed by atoms with Crippen molar-refractivity contribution in [3.63, 3.8) is 0 Å². The van der Waals surface area contributed by atoms with Gasteiger partial charge < -0.3 is 18.8 Å². The zero-order chi connectivity index (χ0) is 20.5. The normalized spacial score (nSPS) is 13.5. The number of fused-ring (bicyclic) bond motifs is 1. The van der Waals surface area contributed by atoms with E-state index < -0.39 is 0 Å². The highest BCUT2D eigenvalue weighted by molar-refractivity contribution is 8.00. The van der Waals surface area contributed by atoms with Crippen LogP contribution in [-0.2, 0) is 4.79 Å². The lowest BCUT2D eigenvalue weighted by Crippen LogP contribution is -2.19. The Hall–Kier alpha value is -2.80. The summed E-state index contributed by atoms with van der Waals surface area (Å²) in [6, 6.07) is 9.80. The molecule has 1 aliphatic rings. The lowest BCUT2D eigenvalue weighted by molar-refractivity contribution is -0.106. The fraction of sp³-hybridized carbons (Fsp3) is 0.273. The average molecular weight is 412 g/mol. The number of amides is 1. The highest BCUT2D eigenvalue weighted by atomic mass is 32.2. The first kappa shape index (κ1) is 19.5. The lowest BCUT2D eigenvalue weighted by Gasteiger charge is -2.22. The SMILES string of the molecule is CNC(=O)c1c(-c2ccc(F)cc2)oc2cc(N(CC=O)SC)c(C3CC3)cc12. The van der Waals surface area contributed by atoms with Crippen LogP contribution in [0.25, 0.3) is 22.3 Å². The summed E-state index contributed by atoms with van der Waals surface area (Å²) in [7, 11) is 1.57. The molecule has 1 aromatic heterocycles. The van der Waals surface area contributed by atoms with Gasteiger partial charge in [-0.2, -0.15) is 0 Å². The summed E-state index contributed by atoms with van der Waals surface area (Å²) in [5.74, 6) is 0.211. The second-order valence-corrected chi connectivity index (χ2v) is 7.79. The third-order valence-corrected chi connectivity index (χ3v) is 5.93. The van der Waals surface area contributed by atoms with E-state index in [4.69, 9.17) is 4.42 Å². The molecule has 29 heavy (non-hydrogen) atoms. The van der Waals surface area contributed by atoms with Crippen molar-refractivity contribution in [2.75, 3.05) is 24.2 Å². The number of furan rings is 1. The summed E-state index contributed by atoms with van der Waals surface area (Å²) in [4.78, 5) is 23.9. The minimum absolute atomic E-state index is 0.257. The number of nitrogens with one attached hydrogen (secondary N) is 1. The molecule has 1 amide bonds. The molecule has 1 fully saturated rings. The number of carbonyl (C=O) groups excluding carboxylic acids is 2. The Morgan fingerprint density at radius 1 is 1.31 bits per heavy atom. The lowest BCUT2D eigenvalue weighted by atomic mass is 10.0. The average Bonchev–Trinajstić information content (AvgIpc) is 3.51. The van der Waals surface area contributed by atoms with Crippen molar-refractivity contribution in [1.29, 1.82) is 0 Å². The molecule has 0 atom stereocenters. The van der Waals surface area contributed by atoms with E-state index in [1.54, 1.807) is 19.2 Å². The van der Waals surface area contributed by atoms with Gasteiger partial charge in [0.15, 0.2) is 0 Å². The molecule has 150 valence electrons. The zero-order valence-electron chi connectivity index (χ0n) is 16.2. The minimum Gasteiger partial charge on any atom is -0.455 e. The van der Waals surface area contributed by atoms with Gasteiger partial charge in [-0.1, -0.05) is 11.9 Å². The minimum atomic E-state index is -0.353. The van der Waals surface area contributed by atoms with E-state index in [-0.39, 0.29) is 18.3 Å². The van der Waals surface area contributed by atoms with Crippen molar-refractivity contribution in [2.45, 2.75) is 18.8 Å². The topological polar surface area (TPSA) is 62.6 Å². The van der Waals surface area contributed by atoms with Crippen molar-refractivity contribution < 1.29 is 18.4 Å². The van der Waals surface area contributed by atoms with Gasteiger partial charge in [0.25, 0.3) is 5.91 Å².